The number of allylic oxidation sites excluding steroid dienone is 1. The lowest BCUT2D eigenvalue weighted by Crippen LogP contribution is -2.02. The summed E-state index contributed by atoms with van der Waals surface area (Å²) in [5.74, 6) is 0.330. The zero-order valence-corrected chi connectivity index (χ0v) is 26.3. The molecule has 0 amide bonds. The summed E-state index contributed by atoms with van der Waals surface area (Å²) >= 11 is 0. The molecule has 0 fully saturated rings. The lowest BCUT2D eigenvalue weighted by Gasteiger charge is -2.12. The summed E-state index contributed by atoms with van der Waals surface area (Å²) in [4.78, 5) is 14.3. The Morgan fingerprint density at radius 1 is 0.585 bits per heavy atom. The number of nitrogens with zero attached hydrogens (tertiary/aromatic N) is 3. The molecule has 3 aromatic rings. The lowest BCUT2D eigenvalue weighted by molar-refractivity contribution is 0.511. The molecule has 41 heavy (non-hydrogen) atoms. The van der Waals surface area contributed by atoms with Crippen LogP contribution in [0.3, 0.4) is 0 Å². The van der Waals surface area contributed by atoms with Gasteiger partial charge in [-0.1, -0.05) is 48.5 Å². The van der Waals surface area contributed by atoms with E-state index in [1.54, 1.807) is 0 Å². The van der Waals surface area contributed by atoms with Gasteiger partial charge in [0.15, 0.2) is 0 Å². The highest BCUT2D eigenvalue weighted by Gasteiger charge is 2.27. The van der Waals surface area contributed by atoms with Crippen LogP contribution >= 0.6 is 0 Å². The molecular formula is C36H46N4O. The van der Waals surface area contributed by atoms with E-state index in [-0.39, 0.29) is 0 Å². The third-order valence-electron chi connectivity index (χ3n) is 9.02. The van der Waals surface area contributed by atoms with Gasteiger partial charge in [-0.3, -0.25) is 0 Å². The molecule has 5 heteroatoms. The van der Waals surface area contributed by atoms with Crippen molar-refractivity contribution in [3.63, 3.8) is 0 Å². The molecular weight excluding hydrogens is 504 g/mol. The molecule has 0 unspecified atom stereocenters. The average Bonchev–Trinajstić information content (AvgIpc) is 3.77. The molecule has 0 spiro atoms. The average molecular weight is 551 g/mol. The number of aryl methyl sites for hydroxylation is 7. The number of nitrogens with one attached hydrogen (secondary N) is 1. The van der Waals surface area contributed by atoms with Gasteiger partial charge in [0.1, 0.15) is 11.5 Å². The topological polar surface area (TPSA) is 66.7 Å². The fourth-order valence-corrected chi connectivity index (χ4v) is 7.13. The third-order valence-corrected chi connectivity index (χ3v) is 9.02. The van der Waals surface area contributed by atoms with Crippen molar-refractivity contribution < 1.29 is 5.11 Å². The summed E-state index contributed by atoms with van der Waals surface area (Å²) in [6, 6.07) is 4.29. The molecule has 0 aliphatic carbocycles. The first kappa shape index (κ1) is 28.9. The molecule has 216 valence electrons. The van der Waals surface area contributed by atoms with E-state index in [1.807, 2.05) is 0 Å². The minimum Gasteiger partial charge on any atom is -0.505 e. The second kappa shape index (κ2) is 11.7. The van der Waals surface area contributed by atoms with Gasteiger partial charge in [0.2, 0.25) is 0 Å². The highest BCUT2D eigenvalue weighted by Crippen LogP contribution is 2.39. The molecule has 2 aliphatic heterocycles. The quantitative estimate of drug-likeness (QED) is 0.230. The second-order valence-corrected chi connectivity index (χ2v) is 10.9. The van der Waals surface area contributed by atoms with Gasteiger partial charge in [-0.2, -0.15) is 0 Å². The number of rotatable bonds is 8. The zero-order chi connectivity index (χ0) is 29.4. The lowest BCUT2D eigenvalue weighted by atomic mass is 9.97. The van der Waals surface area contributed by atoms with Crippen molar-refractivity contribution in [2.24, 2.45) is 0 Å². The first-order valence-electron chi connectivity index (χ1n) is 15.8. The van der Waals surface area contributed by atoms with Gasteiger partial charge in [0.05, 0.1) is 28.1 Å². The van der Waals surface area contributed by atoms with Gasteiger partial charge in [-0.05, 0) is 87.3 Å². The molecule has 2 aliphatic rings. The Hall–Kier alpha value is -3.60. The molecule has 3 aromatic heterocycles. The fraction of sp³-hybridized carbons (Fsp3) is 0.444. The predicted molar refractivity (Wildman–Crippen MR) is 175 cm³/mol. The van der Waals surface area contributed by atoms with Gasteiger partial charge in [0.25, 0.3) is 0 Å². The van der Waals surface area contributed by atoms with Crippen LogP contribution in [-0.4, -0.2) is 24.6 Å². The van der Waals surface area contributed by atoms with Crippen LogP contribution in [0, 0.1) is 0 Å². The van der Waals surface area contributed by atoms with Crippen molar-refractivity contribution >= 4 is 45.6 Å². The van der Waals surface area contributed by atoms with Gasteiger partial charge >= 0.3 is 0 Å². The second-order valence-electron chi connectivity index (χ2n) is 10.9. The molecule has 5 rings (SSSR count). The van der Waals surface area contributed by atoms with E-state index in [2.05, 4.69) is 89.2 Å². The van der Waals surface area contributed by atoms with Crippen molar-refractivity contribution in [2.75, 3.05) is 0 Å². The molecule has 0 aromatic carbocycles. The smallest absolute Gasteiger partial charge is 0.146 e. The molecule has 0 saturated carbocycles. The van der Waals surface area contributed by atoms with Crippen molar-refractivity contribution in [3.05, 3.63) is 68.3 Å². The minimum atomic E-state index is 0.330. The van der Waals surface area contributed by atoms with E-state index in [9.17, 15) is 5.11 Å². The fourth-order valence-electron chi connectivity index (χ4n) is 7.13. The van der Waals surface area contributed by atoms with E-state index < -0.39 is 0 Å². The highest BCUT2D eigenvalue weighted by atomic mass is 16.3. The van der Waals surface area contributed by atoms with Crippen molar-refractivity contribution in [3.8, 4) is 0 Å². The number of aliphatic hydroxyl groups is 1. The Morgan fingerprint density at radius 2 is 1.10 bits per heavy atom. The van der Waals surface area contributed by atoms with Crippen molar-refractivity contribution in [1.82, 2.24) is 19.5 Å². The summed E-state index contributed by atoms with van der Waals surface area (Å²) in [7, 11) is 0. The first-order chi connectivity index (χ1) is 19.9. The van der Waals surface area contributed by atoms with E-state index >= 15 is 0 Å². The van der Waals surface area contributed by atoms with Gasteiger partial charge in [0, 0.05) is 45.4 Å². The number of aromatic nitrogens is 4. The number of H-pyrrole nitrogens is 1. The number of hydrogen-bond donors (Lipinski definition) is 2. The Morgan fingerprint density at radius 3 is 1.61 bits per heavy atom. The maximum Gasteiger partial charge on any atom is 0.146 e. The van der Waals surface area contributed by atoms with Crippen LogP contribution in [0.5, 0.6) is 0 Å². The number of fused-ring (bicyclic) bond motifs is 8. The predicted octanol–water partition coefficient (Wildman–Crippen LogP) is 9.19. The Labute approximate surface area is 245 Å². The zero-order valence-electron chi connectivity index (χ0n) is 26.3. The van der Waals surface area contributed by atoms with Crippen LogP contribution in [0.1, 0.15) is 118 Å². The van der Waals surface area contributed by atoms with Crippen LogP contribution < -0.4 is 0 Å². The normalized spacial score (nSPS) is 13.1. The minimum absolute atomic E-state index is 0.330. The molecule has 0 atom stereocenters. The monoisotopic (exact) mass is 550 g/mol. The van der Waals surface area contributed by atoms with Crippen LogP contribution in [-0.2, 0) is 45.1 Å². The number of hydrogen-bond acceptors (Lipinski definition) is 3. The van der Waals surface area contributed by atoms with Gasteiger partial charge in [-0.15, -0.1) is 0 Å². The third kappa shape index (κ3) is 4.45. The highest BCUT2D eigenvalue weighted by molar-refractivity contribution is 5.94. The molecule has 0 radical (unpaired) electrons. The van der Waals surface area contributed by atoms with Crippen LogP contribution in [0.25, 0.3) is 45.6 Å². The largest absolute Gasteiger partial charge is 0.505 e. The van der Waals surface area contributed by atoms with E-state index in [0.29, 0.717) is 11.5 Å². The maximum atomic E-state index is 11.7. The molecule has 2 N–H and O–H groups in total. The first-order valence-corrected chi connectivity index (χ1v) is 15.8. The Bertz CT molecular complexity index is 1730. The summed E-state index contributed by atoms with van der Waals surface area (Å²) in [6.07, 6.45) is 10.4. The molecule has 5 nitrogen and oxygen atoms in total. The molecule has 5 heterocycles. The summed E-state index contributed by atoms with van der Waals surface area (Å²) in [6.45, 7) is 18.6. The summed E-state index contributed by atoms with van der Waals surface area (Å²) in [5.41, 5.74) is 17.0. The Balaban J connectivity index is 2.18. The standard InChI is InChI=1S/C36H46N4O/c1-9-21-22(10-2)35-26(14-6)32-27(15-7)36(41)33(39-32)24(12-4)30-19-17-28(37-30)23(11-3)29-18-20-31(38-29)25(13-5)34(21)40(35)16-8/h17-20,37,41H,9-16H2,1-8H3. The summed E-state index contributed by atoms with van der Waals surface area (Å²) in [5, 5.41) is 11.7. The summed E-state index contributed by atoms with van der Waals surface area (Å²) < 4.78 is 2.53. The maximum absolute atomic E-state index is 11.7. The van der Waals surface area contributed by atoms with E-state index in [0.717, 1.165) is 90.7 Å². The van der Waals surface area contributed by atoms with Crippen molar-refractivity contribution in [2.45, 2.75) is 107 Å². The van der Waals surface area contributed by atoms with E-state index in [4.69, 9.17) is 9.97 Å². The van der Waals surface area contributed by atoms with Crippen molar-refractivity contribution in [1.29, 1.82) is 0 Å². The van der Waals surface area contributed by atoms with E-state index in [1.165, 1.54) is 38.9 Å². The van der Waals surface area contributed by atoms with Crippen LogP contribution in [0.2, 0.25) is 0 Å². The number of aromatic amines is 1. The SMILES string of the molecule is CCC1=C(O)c2nc1c(CC)c1c(CC)c(CC)c(c(CC)c3nc(c(CC)c4ccc([nH]4)c2CC)C=C3)n1CC. The molecule has 8 bridgehead atoms. The van der Waals surface area contributed by atoms with Gasteiger partial charge < -0.3 is 14.7 Å². The van der Waals surface area contributed by atoms with Crippen LogP contribution in [0.4, 0.5) is 0 Å². The van der Waals surface area contributed by atoms with Gasteiger partial charge in [-0.25, -0.2) is 9.97 Å². The molecule has 0 saturated heterocycles. The Kier molecular flexibility index (Phi) is 8.26. The number of aliphatic hydroxyl groups excluding tert-OH is 1. The van der Waals surface area contributed by atoms with Crippen LogP contribution in [0.15, 0.2) is 12.1 Å².